The molecule has 2 fully saturated rings. The Labute approximate surface area is 119 Å². The molecule has 2 aliphatic carbocycles. The Morgan fingerprint density at radius 2 is 2.10 bits per heavy atom. The zero-order chi connectivity index (χ0) is 13.7. The minimum Gasteiger partial charge on any atom is -0.344 e. The monoisotopic (exact) mass is 268 g/mol. The first-order valence-electron chi connectivity index (χ1n) is 7.49. The third kappa shape index (κ3) is 1.88. The van der Waals surface area contributed by atoms with E-state index >= 15 is 0 Å². The summed E-state index contributed by atoms with van der Waals surface area (Å²) in [4.78, 5) is 14.1. The van der Waals surface area contributed by atoms with E-state index in [9.17, 15) is 4.79 Å². The van der Waals surface area contributed by atoms with Crippen molar-refractivity contribution in [3.05, 3.63) is 41.6 Å². The van der Waals surface area contributed by atoms with Crippen LogP contribution in [0.1, 0.15) is 35.2 Å². The summed E-state index contributed by atoms with van der Waals surface area (Å²) >= 11 is 0. The minimum atomic E-state index is 0.293. The topological polar surface area (TPSA) is 32.3 Å². The average molecular weight is 268 g/mol. The Kier molecular flexibility index (Phi) is 2.55. The summed E-state index contributed by atoms with van der Waals surface area (Å²) in [5.41, 5.74) is 4.93. The molecule has 1 N–H and O–H groups in total. The predicted octanol–water partition coefficient (Wildman–Crippen LogP) is 2.52. The Morgan fingerprint density at radius 3 is 2.90 bits per heavy atom. The van der Waals surface area contributed by atoms with Gasteiger partial charge in [-0.2, -0.15) is 0 Å². The lowest BCUT2D eigenvalue weighted by molar-refractivity contribution is 0.0994. The lowest BCUT2D eigenvalue weighted by Gasteiger charge is -2.28. The number of benzene rings is 1. The molecule has 1 aromatic carbocycles. The predicted molar refractivity (Wildman–Crippen MR) is 80.1 cm³/mol. The van der Waals surface area contributed by atoms with Crippen LogP contribution >= 0.6 is 0 Å². The van der Waals surface area contributed by atoms with E-state index in [-0.39, 0.29) is 0 Å². The Morgan fingerprint density at radius 1 is 1.25 bits per heavy atom. The maximum absolute atomic E-state index is 11.7. The highest BCUT2D eigenvalue weighted by atomic mass is 16.1. The van der Waals surface area contributed by atoms with Crippen LogP contribution in [0.2, 0.25) is 0 Å². The molecule has 1 spiro atoms. The number of hydrogen-bond acceptors (Lipinski definition) is 3. The molecule has 1 aliphatic heterocycles. The number of Topliss-reactive ketones (excluding diaryl/α,β-unsaturated/α-hetero) is 1. The summed E-state index contributed by atoms with van der Waals surface area (Å²) in [5, 5.41) is 3.51. The summed E-state index contributed by atoms with van der Waals surface area (Å²) in [6.45, 7) is 7.25. The lowest BCUT2D eigenvalue weighted by atomic mass is 10.1. The number of anilines is 1. The van der Waals surface area contributed by atoms with Crippen LogP contribution in [0.25, 0.3) is 0 Å². The Bertz CT molecular complexity index is 601. The van der Waals surface area contributed by atoms with Crippen LogP contribution in [0, 0.1) is 5.41 Å². The number of fused-ring (bicyclic) bond motifs is 1. The van der Waals surface area contributed by atoms with Crippen molar-refractivity contribution in [3.63, 3.8) is 0 Å². The normalized spacial score (nSPS) is 23.9. The fraction of sp³-hybridized carbons (Fsp3) is 0.471. The third-order valence-corrected chi connectivity index (χ3v) is 4.98. The van der Waals surface area contributed by atoms with Crippen LogP contribution in [0.15, 0.2) is 30.5 Å². The second kappa shape index (κ2) is 4.19. The summed E-state index contributed by atoms with van der Waals surface area (Å²) in [5.74, 6) is 0.293. The van der Waals surface area contributed by atoms with Gasteiger partial charge in [0.05, 0.1) is 0 Å². The second-order valence-corrected chi connectivity index (χ2v) is 6.52. The zero-order valence-electron chi connectivity index (χ0n) is 11.7. The van der Waals surface area contributed by atoms with E-state index < -0.39 is 0 Å². The third-order valence-electron chi connectivity index (χ3n) is 4.98. The number of aryl methyl sites for hydroxylation is 1. The lowest BCUT2D eigenvalue weighted by Crippen LogP contribution is -2.29. The van der Waals surface area contributed by atoms with Gasteiger partial charge in [0.15, 0.2) is 5.78 Å². The van der Waals surface area contributed by atoms with Crippen LogP contribution in [0.4, 0.5) is 5.69 Å². The first kappa shape index (κ1) is 12.2. The number of carbonyl (C=O) groups excluding carboxylic acids is 1. The van der Waals surface area contributed by atoms with E-state index in [1.54, 1.807) is 0 Å². The molecule has 0 radical (unpaired) electrons. The highest BCUT2D eigenvalue weighted by molar-refractivity contribution is 6.00. The van der Waals surface area contributed by atoms with Gasteiger partial charge >= 0.3 is 0 Å². The molecule has 1 aromatic rings. The van der Waals surface area contributed by atoms with Gasteiger partial charge in [0.1, 0.15) is 0 Å². The SMILES string of the molecule is C=C1CNCC2(CC2)CN1c1ccc2c(c1)CCC2=O. The fourth-order valence-corrected chi connectivity index (χ4v) is 3.47. The second-order valence-electron chi connectivity index (χ2n) is 6.52. The number of hydrogen-bond donors (Lipinski definition) is 1. The van der Waals surface area contributed by atoms with Gasteiger partial charge in [-0.25, -0.2) is 0 Å². The van der Waals surface area contributed by atoms with Gasteiger partial charge in [0.2, 0.25) is 0 Å². The van der Waals surface area contributed by atoms with Gasteiger partial charge in [0.25, 0.3) is 0 Å². The summed E-state index contributed by atoms with van der Waals surface area (Å²) in [7, 11) is 0. The highest BCUT2D eigenvalue weighted by Gasteiger charge is 2.45. The quantitative estimate of drug-likeness (QED) is 0.849. The van der Waals surface area contributed by atoms with Gasteiger partial charge in [0, 0.05) is 48.4 Å². The molecular formula is C17H20N2O. The molecule has 0 bridgehead atoms. The van der Waals surface area contributed by atoms with Crippen molar-refractivity contribution in [1.29, 1.82) is 0 Å². The molecule has 1 heterocycles. The molecule has 4 rings (SSSR count). The Balaban J connectivity index is 1.68. The molecule has 0 amide bonds. The highest BCUT2D eigenvalue weighted by Crippen LogP contribution is 2.47. The molecule has 1 saturated heterocycles. The van der Waals surface area contributed by atoms with E-state index in [0.29, 0.717) is 17.6 Å². The standard InChI is InChI=1S/C17H20N2O/c1-12-9-18-10-17(6-7-17)11-19(12)14-3-4-15-13(8-14)2-5-16(15)20/h3-4,8,18H,1-2,5-7,9-11H2. The van der Waals surface area contributed by atoms with Gasteiger partial charge < -0.3 is 10.2 Å². The first-order valence-corrected chi connectivity index (χ1v) is 7.49. The molecule has 1 saturated carbocycles. The molecule has 0 aromatic heterocycles. The molecule has 3 heteroatoms. The van der Waals surface area contributed by atoms with Gasteiger partial charge in [-0.3, -0.25) is 4.79 Å². The van der Waals surface area contributed by atoms with E-state index in [1.807, 2.05) is 6.07 Å². The molecule has 0 atom stereocenters. The smallest absolute Gasteiger partial charge is 0.163 e. The molecule has 104 valence electrons. The average Bonchev–Trinajstić information content (AvgIpc) is 3.16. The van der Waals surface area contributed by atoms with Crippen molar-refractivity contribution in [2.75, 3.05) is 24.5 Å². The first-order chi connectivity index (χ1) is 9.67. The number of ketones is 1. The molecular weight excluding hydrogens is 248 g/mol. The maximum Gasteiger partial charge on any atom is 0.163 e. The number of nitrogens with one attached hydrogen (secondary N) is 1. The van der Waals surface area contributed by atoms with Crippen molar-refractivity contribution < 1.29 is 4.79 Å². The maximum atomic E-state index is 11.7. The summed E-state index contributed by atoms with van der Waals surface area (Å²) in [6.07, 6.45) is 4.19. The van der Waals surface area contributed by atoms with Crippen molar-refractivity contribution in [1.82, 2.24) is 5.32 Å². The van der Waals surface area contributed by atoms with Gasteiger partial charge in [-0.05, 0) is 43.0 Å². The molecule has 3 aliphatic rings. The number of carbonyl (C=O) groups is 1. The van der Waals surface area contributed by atoms with E-state index in [1.165, 1.54) is 24.1 Å². The van der Waals surface area contributed by atoms with Crippen LogP contribution in [-0.4, -0.2) is 25.4 Å². The van der Waals surface area contributed by atoms with Crippen LogP contribution in [0.3, 0.4) is 0 Å². The minimum absolute atomic E-state index is 0.293. The van der Waals surface area contributed by atoms with E-state index in [2.05, 4.69) is 28.9 Å². The van der Waals surface area contributed by atoms with Crippen molar-refractivity contribution in [3.8, 4) is 0 Å². The molecule has 3 nitrogen and oxygen atoms in total. The van der Waals surface area contributed by atoms with Crippen molar-refractivity contribution in [2.24, 2.45) is 5.41 Å². The van der Waals surface area contributed by atoms with E-state index in [0.717, 1.165) is 37.3 Å². The van der Waals surface area contributed by atoms with Crippen molar-refractivity contribution in [2.45, 2.75) is 25.7 Å². The summed E-state index contributed by atoms with van der Waals surface area (Å²) in [6, 6.07) is 6.30. The number of nitrogens with zero attached hydrogens (tertiary/aromatic N) is 1. The van der Waals surface area contributed by atoms with Gasteiger partial charge in [-0.15, -0.1) is 0 Å². The zero-order valence-corrected chi connectivity index (χ0v) is 11.7. The Hall–Kier alpha value is -1.61. The molecule has 0 unspecified atom stereocenters. The fourth-order valence-electron chi connectivity index (χ4n) is 3.47. The van der Waals surface area contributed by atoms with Crippen LogP contribution < -0.4 is 10.2 Å². The van der Waals surface area contributed by atoms with Crippen LogP contribution in [-0.2, 0) is 6.42 Å². The largest absolute Gasteiger partial charge is 0.344 e. The van der Waals surface area contributed by atoms with E-state index in [4.69, 9.17) is 0 Å². The summed E-state index contributed by atoms with van der Waals surface area (Å²) < 4.78 is 0. The van der Waals surface area contributed by atoms with Crippen LogP contribution in [0.5, 0.6) is 0 Å². The van der Waals surface area contributed by atoms with Gasteiger partial charge in [-0.1, -0.05) is 6.58 Å². The number of rotatable bonds is 1. The molecule has 20 heavy (non-hydrogen) atoms. The van der Waals surface area contributed by atoms with Crippen molar-refractivity contribution >= 4 is 11.5 Å².